The molecular weight excluding hydrogens is 418 g/mol. The first kappa shape index (κ1) is 21.6. The van der Waals surface area contributed by atoms with E-state index in [1.54, 1.807) is 4.90 Å². The van der Waals surface area contributed by atoms with Crippen LogP contribution in [0, 0.1) is 17.8 Å². The van der Waals surface area contributed by atoms with Gasteiger partial charge in [-0.3, -0.25) is 14.5 Å². The Hall–Kier alpha value is -1.66. The Labute approximate surface area is 188 Å². The first-order valence-electron chi connectivity index (χ1n) is 11.1. The quantitative estimate of drug-likeness (QED) is 0.684. The first-order valence-corrected chi connectivity index (χ1v) is 11.9. The second-order valence-electron chi connectivity index (χ2n) is 9.10. The summed E-state index contributed by atoms with van der Waals surface area (Å²) in [6.45, 7) is 2.67. The summed E-state index contributed by atoms with van der Waals surface area (Å²) in [7, 11) is 0. The molecule has 162 valence electrons. The van der Waals surface area contributed by atoms with Gasteiger partial charge in [-0.15, -0.1) is 0 Å². The monoisotopic (exact) mass is 447 g/mol. The van der Waals surface area contributed by atoms with Crippen molar-refractivity contribution < 1.29 is 9.59 Å². The zero-order chi connectivity index (χ0) is 21.3. The number of thiocarbonyl (C=S) groups is 1. The molecule has 1 aliphatic heterocycles. The number of halogens is 1. The largest absolute Gasteiger partial charge is 0.359 e. The van der Waals surface area contributed by atoms with Gasteiger partial charge in [-0.25, -0.2) is 0 Å². The van der Waals surface area contributed by atoms with Crippen molar-refractivity contribution in [3.63, 3.8) is 0 Å². The fourth-order valence-electron chi connectivity index (χ4n) is 5.15. The normalized spacial score (nSPS) is 31.7. The van der Waals surface area contributed by atoms with Gasteiger partial charge >= 0.3 is 0 Å². The van der Waals surface area contributed by atoms with Crippen LogP contribution in [0.25, 0.3) is 0 Å². The van der Waals surface area contributed by atoms with Gasteiger partial charge in [-0.05, 0) is 67.9 Å². The molecule has 5 nitrogen and oxygen atoms in total. The van der Waals surface area contributed by atoms with Crippen molar-refractivity contribution in [3.05, 3.63) is 34.9 Å². The molecule has 1 aromatic carbocycles. The van der Waals surface area contributed by atoms with Crippen LogP contribution in [0.2, 0.25) is 5.02 Å². The van der Waals surface area contributed by atoms with Crippen LogP contribution in [0.15, 0.2) is 24.3 Å². The van der Waals surface area contributed by atoms with Gasteiger partial charge in [0.1, 0.15) is 0 Å². The summed E-state index contributed by atoms with van der Waals surface area (Å²) in [4.78, 5) is 27.7. The fraction of sp³-hybridized carbons (Fsp3) is 0.609. The molecule has 0 aromatic heterocycles. The van der Waals surface area contributed by atoms with E-state index < -0.39 is 0 Å². The van der Waals surface area contributed by atoms with Crippen molar-refractivity contribution in [1.29, 1.82) is 0 Å². The number of amides is 2. The topological polar surface area (TPSA) is 61.4 Å². The standard InChI is InChI=1S/C23H30ClN3O2S/c1-14-4-2-3-5-19(14)25-21(28)16-8-11-18-20(12-16)26-23(30)27(22(18)29)13-15-6-9-17(24)10-7-15/h6-7,9-10,14,16,18-20H,2-5,8,11-13H2,1H3,(H,25,28)(H,26,30). The summed E-state index contributed by atoms with van der Waals surface area (Å²) in [6.07, 6.45) is 6.85. The zero-order valence-electron chi connectivity index (χ0n) is 17.4. The Kier molecular flexibility index (Phi) is 6.63. The van der Waals surface area contributed by atoms with Crippen LogP contribution in [-0.2, 0) is 16.1 Å². The average molecular weight is 448 g/mol. The number of fused-ring (bicyclic) bond motifs is 1. The van der Waals surface area contributed by atoms with E-state index >= 15 is 0 Å². The zero-order valence-corrected chi connectivity index (χ0v) is 19.0. The van der Waals surface area contributed by atoms with Gasteiger partial charge < -0.3 is 10.6 Å². The third-order valence-corrected chi connectivity index (χ3v) is 7.64. The lowest BCUT2D eigenvalue weighted by Gasteiger charge is -2.44. The molecule has 0 radical (unpaired) electrons. The highest BCUT2D eigenvalue weighted by molar-refractivity contribution is 7.80. The lowest BCUT2D eigenvalue weighted by molar-refractivity contribution is -0.138. The van der Waals surface area contributed by atoms with E-state index in [1.807, 2.05) is 24.3 Å². The van der Waals surface area contributed by atoms with E-state index in [9.17, 15) is 9.59 Å². The van der Waals surface area contributed by atoms with Crippen molar-refractivity contribution in [3.8, 4) is 0 Å². The number of carbonyl (C=O) groups excluding carboxylic acids is 2. The van der Waals surface area contributed by atoms with Gasteiger partial charge in [0.15, 0.2) is 5.11 Å². The molecule has 2 amide bonds. The summed E-state index contributed by atoms with van der Waals surface area (Å²) in [5.41, 5.74) is 0.991. The third kappa shape index (κ3) is 4.65. The number of nitrogens with zero attached hydrogens (tertiary/aromatic N) is 1. The van der Waals surface area contributed by atoms with Crippen LogP contribution in [0.3, 0.4) is 0 Å². The van der Waals surface area contributed by atoms with Crippen molar-refractivity contribution in [1.82, 2.24) is 15.5 Å². The van der Waals surface area contributed by atoms with Crippen molar-refractivity contribution in [2.24, 2.45) is 17.8 Å². The van der Waals surface area contributed by atoms with Crippen LogP contribution in [0.4, 0.5) is 0 Å². The maximum Gasteiger partial charge on any atom is 0.234 e. The number of hydrogen-bond acceptors (Lipinski definition) is 3. The van der Waals surface area contributed by atoms with Crippen molar-refractivity contribution in [2.75, 3.05) is 0 Å². The number of carbonyl (C=O) groups is 2. The highest BCUT2D eigenvalue weighted by Gasteiger charge is 2.44. The third-order valence-electron chi connectivity index (χ3n) is 7.05. The van der Waals surface area contributed by atoms with Crippen LogP contribution >= 0.6 is 23.8 Å². The summed E-state index contributed by atoms with van der Waals surface area (Å²) < 4.78 is 0. The highest BCUT2D eigenvalue weighted by Crippen LogP contribution is 2.34. The average Bonchev–Trinajstić information content (AvgIpc) is 2.73. The second-order valence-corrected chi connectivity index (χ2v) is 9.92. The Morgan fingerprint density at radius 1 is 1.20 bits per heavy atom. The Morgan fingerprint density at radius 2 is 1.93 bits per heavy atom. The predicted molar refractivity (Wildman–Crippen MR) is 122 cm³/mol. The van der Waals surface area contributed by atoms with Crippen LogP contribution in [-0.4, -0.2) is 33.9 Å². The van der Waals surface area contributed by atoms with Crippen molar-refractivity contribution >= 4 is 40.7 Å². The number of nitrogens with one attached hydrogen (secondary N) is 2. The van der Waals surface area contributed by atoms with E-state index in [-0.39, 0.29) is 29.7 Å². The summed E-state index contributed by atoms with van der Waals surface area (Å²) in [5.74, 6) is 0.588. The first-order chi connectivity index (χ1) is 14.4. The lowest BCUT2D eigenvalue weighted by atomic mass is 9.76. The molecule has 3 fully saturated rings. The molecule has 5 atom stereocenters. The van der Waals surface area contributed by atoms with Crippen LogP contribution in [0.5, 0.6) is 0 Å². The summed E-state index contributed by atoms with van der Waals surface area (Å²) in [6, 6.07) is 7.71. The molecule has 0 bridgehead atoms. The molecule has 1 heterocycles. The predicted octanol–water partition coefficient (Wildman–Crippen LogP) is 4.04. The van der Waals surface area contributed by atoms with Crippen LogP contribution in [0.1, 0.15) is 57.4 Å². The highest BCUT2D eigenvalue weighted by atomic mass is 35.5. The molecule has 2 aliphatic carbocycles. The van der Waals surface area contributed by atoms with E-state index in [1.165, 1.54) is 19.3 Å². The second kappa shape index (κ2) is 9.23. The molecule has 5 unspecified atom stereocenters. The molecule has 1 aromatic rings. The van der Waals surface area contributed by atoms with E-state index in [4.69, 9.17) is 23.8 Å². The molecule has 30 heavy (non-hydrogen) atoms. The molecule has 0 spiro atoms. The minimum atomic E-state index is -0.123. The Bertz CT molecular complexity index is 815. The number of hydrogen-bond donors (Lipinski definition) is 2. The van der Waals surface area contributed by atoms with E-state index in [0.717, 1.165) is 18.4 Å². The Morgan fingerprint density at radius 3 is 2.67 bits per heavy atom. The van der Waals surface area contributed by atoms with Gasteiger partial charge in [0.25, 0.3) is 0 Å². The summed E-state index contributed by atoms with van der Waals surface area (Å²) in [5, 5.41) is 7.78. The van der Waals surface area contributed by atoms with Gasteiger partial charge in [-0.2, -0.15) is 0 Å². The lowest BCUT2D eigenvalue weighted by Crippen LogP contribution is -2.61. The number of rotatable bonds is 4. The number of benzene rings is 1. The van der Waals surface area contributed by atoms with Crippen molar-refractivity contribution in [2.45, 2.75) is 70.5 Å². The molecule has 1 saturated heterocycles. The summed E-state index contributed by atoms with van der Waals surface area (Å²) >= 11 is 11.5. The van der Waals surface area contributed by atoms with E-state index in [2.05, 4.69) is 17.6 Å². The van der Waals surface area contributed by atoms with E-state index in [0.29, 0.717) is 41.5 Å². The van der Waals surface area contributed by atoms with Gasteiger partial charge in [0.05, 0.1) is 12.5 Å². The fourth-order valence-corrected chi connectivity index (χ4v) is 5.59. The molecule has 4 rings (SSSR count). The minimum Gasteiger partial charge on any atom is -0.359 e. The molecular formula is C23H30ClN3O2S. The SMILES string of the molecule is CC1CCCCC1NC(=O)C1CCC2C(=O)N(Cc3ccc(Cl)cc3)C(=S)NC2C1. The van der Waals surface area contributed by atoms with Gasteiger partial charge in [0.2, 0.25) is 11.8 Å². The molecule has 3 aliphatic rings. The maximum atomic E-state index is 13.1. The molecule has 2 N–H and O–H groups in total. The molecule has 2 saturated carbocycles. The molecule has 7 heteroatoms. The maximum absolute atomic E-state index is 13.1. The van der Waals surface area contributed by atoms with Crippen LogP contribution < -0.4 is 10.6 Å². The minimum absolute atomic E-state index is 0.0497. The van der Waals surface area contributed by atoms with Gasteiger partial charge in [-0.1, -0.05) is 43.5 Å². The Balaban J connectivity index is 1.36. The smallest absolute Gasteiger partial charge is 0.234 e. The van der Waals surface area contributed by atoms with Gasteiger partial charge in [0, 0.05) is 23.0 Å².